The molecule has 0 heterocycles. The highest BCUT2D eigenvalue weighted by Crippen LogP contribution is 2.20. The van der Waals surface area contributed by atoms with E-state index in [1.807, 2.05) is 12.1 Å². The number of hydrogen-bond donors (Lipinski definition) is 1. The Morgan fingerprint density at radius 1 is 0.944 bits per heavy atom. The van der Waals surface area contributed by atoms with Crippen molar-refractivity contribution in [3.05, 3.63) is 28.8 Å². The van der Waals surface area contributed by atoms with Gasteiger partial charge in [0.1, 0.15) is 0 Å². The van der Waals surface area contributed by atoms with E-state index in [9.17, 15) is 0 Å². The van der Waals surface area contributed by atoms with Crippen LogP contribution in [0.25, 0.3) is 0 Å². The highest BCUT2D eigenvalue weighted by atomic mass is 35.5. The molecule has 2 heteroatoms. The van der Waals surface area contributed by atoms with Crippen LogP contribution in [0.4, 0.5) is 5.69 Å². The average molecular weight is 268 g/mol. The molecule has 0 aliphatic rings. The van der Waals surface area contributed by atoms with Gasteiger partial charge in [-0.3, -0.25) is 0 Å². The smallest absolute Gasteiger partial charge is 0.0635 e. The lowest BCUT2D eigenvalue weighted by Crippen LogP contribution is -1.91. The molecule has 0 bridgehead atoms. The van der Waals surface area contributed by atoms with Gasteiger partial charge >= 0.3 is 0 Å². The van der Waals surface area contributed by atoms with Crippen LogP contribution in [0.1, 0.15) is 63.9 Å². The molecular formula is C16H26ClN. The minimum absolute atomic E-state index is 0.662. The minimum Gasteiger partial charge on any atom is -0.398 e. The fourth-order valence-electron chi connectivity index (χ4n) is 2.21. The zero-order chi connectivity index (χ0) is 13.2. The summed E-state index contributed by atoms with van der Waals surface area (Å²) in [5, 5.41) is 0.662. The van der Waals surface area contributed by atoms with E-state index >= 15 is 0 Å². The highest BCUT2D eigenvalue weighted by molar-refractivity contribution is 6.33. The first-order valence-corrected chi connectivity index (χ1v) is 7.65. The van der Waals surface area contributed by atoms with E-state index in [1.165, 1.54) is 56.9 Å². The minimum atomic E-state index is 0.662. The Morgan fingerprint density at radius 3 is 2.17 bits per heavy atom. The standard InChI is InChI=1S/C16H26ClN/c1-2-3-4-5-6-7-8-9-10-14-11-12-15(17)16(18)13-14/h11-13H,2-10,18H2,1H3. The van der Waals surface area contributed by atoms with Crippen molar-refractivity contribution in [1.29, 1.82) is 0 Å². The van der Waals surface area contributed by atoms with Crippen molar-refractivity contribution in [3.8, 4) is 0 Å². The Labute approximate surface area is 117 Å². The summed E-state index contributed by atoms with van der Waals surface area (Å²) in [6.07, 6.45) is 12.0. The SMILES string of the molecule is CCCCCCCCCCc1ccc(Cl)c(N)c1. The number of benzene rings is 1. The highest BCUT2D eigenvalue weighted by Gasteiger charge is 1.98. The number of nitrogen functional groups attached to an aromatic ring is 1. The lowest BCUT2D eigenvalue weighted by Gasteiger charge is -2.04. The molecule has 0 spiro atoms. The monoisotopic (exact) mass is 267 g/mol. The maximum Gasteiger partial charge on any atom is 0.0635 e. The second kappa shape index (κ2) is 9.27. The molecule has 0 saturated carbocycles. The van der Waals surface area contributed by atoms with Crippen LogP contribution >= 0.6 is 11.6 Å². The summed E-state index contributed by atoms with van der Waals surface area (Å²) in [7, 11) is 0. The van der Waals surface area contributed by atoms with Gasteiger partial charge in [0.05, 0.1) is 10.7 Å². The largest absolute Gasteiger partial charge is 0.398 e. The first kappa shape index (κ1) is 15.4. The summed E-state index contributed by atoms with van der Waals surface area (Å²) in [4.78, 5) is 0. The molecule has 0 aromatic heterocycles. The molecule has 0 atom stereocenters. The summed E-state index contributed by atoms with van der Waals surface area (Å²) < 4.78 is 0. The molecule has 1 aromatic rings. The molecule has 0 amide bonds. The van der Waals surface area contributed by atoms with Gasteiger partial charge in [-0.2, -0.15) is 0 Å². The van der Waals surface area contributed by atoms with E-state index in [0.29, 0.717) is 10.7 Å². The molecule has 0 unspecified atom stereocenters. The number of rotatable bonds is 9. The first-order valence-electron chi connectivity index (χ1n) is 7.28. The molecule has 1 nitrogen and oxygen atoms in total. The van der Waals surface area contributed by atoms with Gasteiger partial charge in [-0.15, -0.1) is 0 Å². The fourth-order valence-corrected chi connectivity index (χ4v) is 2.33. The third-order valence-electron chi connectivity index (χ3n) is 3.38. The van der Waals surface area contributed by atoms with Gasteiger partial charge in [-0.1, -0.05) is 69.5 Å². The fraction of sp³-hybridized carbons (Fsp3) is 0.625. The van der Waals surface area contributed by atoms with Gasteiger partial charge in [-0.25, -0.2) is 0 Å². The molecule has 0 aliphatic carbocycles. The van der Waals surface area contributed by atoms with Crippen molar-refractivity contribution in [1.82, 2.24) is 0 Å². The van der Waals surface area contributed by atoms with Crippen molar-refractivity contribution in [2.24, 2.45) is 0 Å². The Morgan fingerprint density at radius 2 is 1.56 bits per heavy atom. The summed E-state index contributed by atoms with van der Waals surface area (Å²) >= 11 is 5.90. The van der Waals surface area contributed by atoms with Crippen LogP contribution in [0.15, 0.2) is 18.2 Å². The molecule has 18 heavy (non-hydrogen) atoms. The van der Waals surface area contributed by atoms with Crippen molar-refractivity contribution >= 4 is 17.3 Å². The second-order valence-electron chi connectivity index (χ2n) is 5.08. The van der Waals surface area contributed by atoms with E-state index in [-0.39, 0.29) is 0 Å². The van der Waals surface area contributed by atoms with Gasteiger partial charge in [0, 0.05) is 0 Å². The number of anilines is 1. The summed E-state index contributed by atoms with van der Waals surface area (Å²) in [6, 6.07) is 5.99. The topological polar surface area (TPSA) is 26.0 Å². The zero-order valence-corrected chi connectivity index (χ0v) is 12.3. The van der Waals surface area contributed by atoms with Crippen molar-refractivity contribution < 1.29 is 0 Å². The van der Waals surface area contributed by atoms with E-state index in [2.05, 4.69) is 13.0 Å². The lowest BCUT2D eigenvalue weighted by atomic mass is 10.0. The molecule has 2 N–H and O–H groups in total. The van der Waals surface area contributed by atoms with Crippen LogP contribution in [-0.4, -0.2) is 0 Å². The Hall–Kier alpha value is -0.690. The quantitative estimate of drug-likeness (QED) is 0.457. The maximum absolute atomic E-state index is 5.90. The lowest BCUT2D eigenvalue weighted by molar-refractivity contribution is 0.575. The number of unbranched alkanes of at least 4 members (excludes halogenated alkanes) is 7. The van der Waals surface area contributed by atoms with Crippen LogP contribution in [0.2, 0.25) is 5.02 Å². The molecule has 0 aliphatic heterocycles. The van der Waals surface area contributed by atoms with Crippen molar-refractivity contribution in [3.63, 3.8) is 0 Å². The van der Waals surface area contributed by atoms with Gasteiger partial charge in [0.25, 0.3) is 0 Å². The van der Waals surface area contributed by atoms with Crippen molar-refractivity contribution in [2.75, 3.05) is 5.73 Å². The van der Waals surface area contributed by atoms with Gasteiger partial charge in [0.15, 0.2) is 0 Å². The summed E-state index contributed by atoms with van der Waals surface area (Å²) in [5.41, 5.74) is 7.80. The van der Waals surface area contributed by atoms with Gasteiger partial charge < -0.3 is 5.73 Å². The molecule has 0 saturated heterocycles. The van der Waals surface area contributed by atoms with E-state index in [0.717, 1.165) is 6.42 Å². The Balaban J connectivity index is 2.05. The average Bonchev–Trinajstić information content (AvgIpc) is 2.37. The van der Waals surface area contributed by atoms with E-state index in [4.69, 9.17) is 17.3 Å². The Bertz CT molecular complexity index is 336. The number of nitrogens with two attached hydrogens (primary N) is 1. The molecule has 102 valence electrons. The molecular weight excluding hydrogens is 242 g/mol. The van der Waals surface area contributed by atoms with Crippen LogP contribution in [0.5, 0.6) is 0 Å². The van der Waals surface area contributed by atoms with E-state index < -0.39 is 0 Å². The van der Waals surface area contributed by atoms with Crippen molar-refractivity contribution in [2.45, 2.75) is 64.7 Å². The van der Waals surface area contributed by atoms with Gasteiger partial charge in [-0.05, 0) is 30.5 Å². The van der Waals surface area contributed by atoms with E-state index in [1.54, 1.807) is 0 Å². The predicted molar refractivity (Wildman–Crippen MR) is 82.2 cm³/mol. The van der Waals surface area contributed by atoms with Crippen LogP contribution in [0, 0.1) is 0 Å². The third-order valence-corrected chi connectivity index (χ3v) is 3.72. The number of halogens is 1. The number of hydrogen-bond acceptors (Lipinski definition) is 1. The summed E-state index contributed by atoms with van der Waals surface area (Å²) in [6.45, 7) is 2.26. The molecule has 0 radical (unpaired) electrons. The Kier molecular flexibility index (Phi) is 7.91. The predicted octanol–water partition coefficient (Wildman–Crippen LogP) is 5.61. The van der Waals surface area contributed by atoms with Crippen LogP contribution < -0.4 is 5.73 Å². The molecule has 0 fully saturated rings. The molecule has 1 rings (SSSR count). The van der Waals surface area contributed by atoms with Crippen LogP contribution in [0.3, 0.4) is 0 Å². The van der Waals surface area contributed by atoms with Crippen LogP contribution in [-0.2, 0) is 6.42 Å². The zero-order valence-electron chi connectivity index (χ0n) is 11.6. The number of aryl methyl sites for hydroxylation is 1. The normalized spacial score (nSPS) is 10.8. The van der Waals surface area contributed by atoms with Gasteiger partial charge in [0.2, 0.25) is 0 Å². The summed E-state index contributed by atoms with van der Waals surface area (Å²) in [5.74, 6) is 0. The molecule has 1 aromatic carbocycles. The maximum atomic E-state index is 5.90. The third kappa shape index (κ3) is 6.30. The second-order valence-corrected chi connectivity index (χ2v) is 5.49. The first-order chi connectivity index (χ1) is 8.74.